The summed E-state index contributed by atoms with van der Waals surface area (Å²) in [6.07, 6.45) is 0. The highest BCUT2D eigenvalue weighted by molar-refractivity contribution is 6.30. The third-order valence-corrected chi connectivity index (χ3v) is 4.29. The van der Waals surface area contributed by atoms with E-state index in [4.69, 9.17) is 11.6 Å². The van der Waals surface area contributed by atoms with Crippen LogP contribution >= 0.6 is 11.6 Å². The summed E-state index contributed by atoms with van der Waals surface area (Å²) in [5.41, 5.74) is 1.11. The lowest BCUT2D eigenvalue weighted by atomic mass is 10.2. The van der Waals surface area contributed by atoms with Crippen molar-refractivity contribution >= 4 is 29.2 Å². The number of piperazine rings is 1. The first-order chi connectivity index (χ1) is 12.0. The summed E-state index contributed by atoms with van der Waals surface area (Å²) in [5.74, 6) is -0.530. The highest BCUT2D eigenvalue weighted by atomic mass is 35.5. The first-order valence-corrected chi connectivity index (χ1v) is 8.27. The molecule has 0 unspecified atom stereocenters. The third-order valence-electron chi connectivity index (χ3n) is 4.04. The number of amides is 3. The van der Waals surface area contributed by atoms with E-state index in [2.05, 4.69) is 5.32 Å². The van der Waals surface area contributed by atoms with Gasteiger partial charge in [-0.1, -0.05) is 11.6 Å². The minimum atomic E-state index is -0.375. The zero-order valence-corrected chi connectivity index (χ0v) is 14.2. The lowest BCUT2D eigenvalue weighted by Gasteiger charge is -2.34. The van der Waals surface area contributed by atoms with Crippen LogP contribution in [0.2, 0.25) is 5.02 Å². The molecule has 1 saturated heterocycles. The molecule has 1 fully saturated rings. The molecule has 0 saturated carbocycles. The highest BCUT2D eigenvalue weighted by Gasteiger charge is 2.24. The molecule has 0 aliphatic carbocycles. The zero-order valence-electron chi connectivity index (χ0n) is 13.4. The SMILES string of the molecule is O=C(Nc1ccc(Cl)cc1)N1CCN(C(=O)c2ccc(F)cc2)CC1. The topological polar surface area (TPSA) is 52.7 Å². The predicted molar refractivity (Wildman–Crippen MR) is 94.3 cm³/mol. The smallest absolute Gasteiger partial charge is 0.321 e. The van der Waals surface area contributed by atoms with Gasteiger partial charge >= 0.3 is 6.03 Å². The Hall–Kier alpha value is -2.60. The summed E-state index contributed by atoms with van der Waals surface area (Å²) in [4.78, 5) is 28.0. The second-order valence-corrected chi connectivity index (χ2v) is 6.16. The van der Waals surface area contributed by atoms with E-state index in [1.807, 2.05) is 0 Å². The summed E-state index contributed by atoms with van der Waals surface area (Å²) in [6, 6.07) is 12.1. The second kappa shape index (κ2) is 7.53. The van der Waals surface area contributed by atoms with Gasteiger partial charge in [-0.05, 0) is 48.5 Å². The average Bonchev–Trinajstić information content (AvgIpc) is 2.64. The van der Waals surface area contributed by atoms with Crippen molar-refractivity contribution in [3.05, 3.63) is 64.9 Å². The van der Waals surface area contributed by atoms with Crippen LogP contribution in [0.3, 0.4) is 0 Å². The first-order valence-electron chi connectivity index (χ1n) is 7.89. The van der Waals surface area contributed by atoms with Crippen molar-refractivity contribution in [2.75, 3.05) is 31.5 Å². The summed E-state index contributed by atoms with van der Waals surface area (Å²) in [6.45, 7) is 1.74. The first kappa shape index (κ1) is 17.2. The molecule has 1 aliphatic rings. The maximum atomic E-state index is 13.0. The summed E-state index contributed by atoms with van der Waals surface area (Å²) in [5, 5.41) is 3.41. The van der Waals surface area contributed by atoms with Gasteiger partial charge in [0.15, 0.2) is 0 Å². The monoisotopic (exact) mass is 361 g/mol. The Labute approximate surface area is 150 Å². The molecule has 0 atom stereocenters. The van der Waals surface area contributed by atoms with Gasteiger partial charge in [-0.3, -0.25) is 4.79 Å². The molecular weight excluding hydrogens is 345 g/mol. The fourth-order valence-corrected chi connectivity index (χ4v) is 2.75. The Morgan fingerprint density at radius 2 is 1.44 bits per heavy atom. The van der Waals surface area contributed by atoms with Crippen LogP contribution in [-0.4, -0.2) is 47.9 Å². The molecule has 7 heteroatoms. The van der Waals surface area contributed by atoms with E-state index in [1.165, 1.54) is 24.3 Å². The number of hydrogen-bond acceptors (Lipinski definition) is 2. The molecule has 1 heterocycles. The van der Waals surface area contributed by atoms with Crippen molar-refractivity contribution in [3.63, 3.8) is 0 Å². The Morgan fingerprint density at radius 1 is 0.880 bits per heavy atom. The zero-order chi connectivity index (χ0) is 17.8. The molecule has 3 amide bonds. The normalized spacial score (nSPS) is 14.3. The van der Waals surface area contributed by atoms with Crippen LogP contribution in [0.15, 0.2) is 48.5 Å². The molecule has 0 bridgehead atoms. The number of nitrogens with one attached hydrogen (secondary N) is 1. The second-order valence-electron chi connectivity index (χ2n) is 5.72. The molecule has 130 valence electrons. The Balaban J connectivity index is 1.54. The van der Waals surface area contributed by atoms with Gasteiger partial charge in [-0.2, -0.15) is 0 Å². The Morgan fingerprint density at radius 3 is 2.04 bits per heavy atom. The van der Waals surface area contributed by atoms with E-state index in [-0.39, 0.29) is 17.8 Å². The number of halogens is 2. The van der Waals surface area contributed by atoms with Gasteiger partial charge in [0.05, 0.1) is 0 Å². The fourth-order valence-electron chi connectivity index (χ4n) is 2.62. The van der Waals surface area contributed by atoms with E-state index in [9.17, 15) is 14.0 Å². The van der Waals surface area contributed by atoms with Crippen molar-refractivity contribution < 1.29 is 14.0 Å². The van der Waals surface area contributed by atoms with E-state index in [0.29, 0.717) is 42.5 Å². The largest absolute Gasteiger partial charge is 0.335 e. The number of carbonyl (C=O) groups excluding carboxylic acids is 2. The maximum absolute atomic E-state index is 13.0. The maximum Gasteiger partial charge on any atom is 0.321 e. The van der Waals surface area contributed by atoms with Gasteiger partial charge in [-0.15, -0.1) is 0 Å². The van der Waals surface area contributed by atoms with Crippen LogP contribution < -0.4 is 5.32 Å². The molecule has 1 N–H and O–H groups in total. The molecule has 3 rings (SSSR count). The molecule has 2 aromatic rings. The predicted octanol–water partition coefficient (Wildman–Crippen LogP) is 3.47. The van der Waals surface area contributed by atoms with Gasteiger partial charge in [0.2, 0.25) is 0 Å². The van der Waals surface area contributed by atoms with E-state index < -0.39 is 0 Å². The van der Waals surface area contributed by atoms with Gasteiger partial charge in [0, 0.05) is 42.5 Å². The van der Waals surface area contributed by atoms with Crippen LogP contribution in [-0.2, 0) is 0 Å². The van der Waals surface area contributed by atoms with Crippen LogP contribution in [0, 0.1) is 5.82 Å². The van der Waals surface area contributed by atoms with Gasteiger partial charge in [0.1, 0.15) is 5.82 Å². The third kappa shape index (κ3) is 4.28. The number of rotatable bonds is 2. The summed E-state index contributed by atoms with van der Waals surface area (Å²) in [7, 11) is 0. The molecule has 0 radical (unpaired) electrons. The van der Waals surface area contributed by atoms with Crippen molar-refractivity contribution in [3.8, 4) is 0 Å². The lowest BCUT2D eigenvalue weighted by molar-refractivity contribution is 0.0671. The van der Waals surface area contributed by atoms with Gasteiger partial charge in [-0.25, -0.2) is 9.18 Å². The molecule has 2 aromatic carbocycles. The van der Waals surface area contributed by atoms with E-state index in [0.717, 1.165) is 0 Å². The fraction of sp³-hybridized carbons (Fsp3) is 0.222. The number of urea groups is 1. The highest BCUT2D eigenvalue weighted by Crippen LogP contribution is 2.15. The number of benzene rings is 2. The van der Waals surface area contributed by atoms with Crippen LogP contribution in [0.25, 0.3) is 0 Å². The quantitative estimate of drug-likeness (QED) is 0.890. The number of anilines is 1. The molecule has 25 heavy (non-hydrogen) atoms. The number of nitrogens with zero attached hydrogens (tertiary/aromatic N) is 2. The molecule has 1 aliphatic heterocycles. The Bertz CT molecular complexity index is 757. The van der Waals surface area contributed by atoms with Crippen LogP contribution in [0.1, 0.15) is 10.4 Å². The summed E-state index contributed by atoms with van der Waals surface area (Å²) >= 11 is 5.82. The minimum Gasteiger partial charge on any atom is -0.335 e. The van der Waals surface area contributed by atoms with Crippen LogP contribution in [0.5, 0.6) is 0 Å². The average molecular weight is 362 g/mol. The number of hydrogen-bond donors (Lipinski definition) is 1. The standard InChI is InChI=1S/C18H17ClFN3O2/c19-14-3-7-16(8-4-14)21-18(25)23-11-9-22(10-12-23)17(24)13-1-5-15(20)6-2-13/h1-8H,9-12H2,(H,21,25). The lowest BCUT2D eigenvalue weighted by Crippen LogP contribution is -2.51. The molecule has 0 aromatic heterocycles. The molecule has 5 nitrogen and oxygen atoms in total. The van der Waals surface area contributed by atoms with Crippen LogP contribution in [0.4, 0.5) is 14.9 Å². The van der Waals surface area contributed by atoms with Crippen molar-refractivity contribution in [1.29, 1.82) is 0 Å². The van der Waals surface area contributed by atoms with Gasteiger partial charge in [0.25, 0.3) is 5.91 Å². The minimum absolute atomic E-state index is 0.155. The van der Waals surface area contributed by atoms with Crippen molar-refractivity contribution in [2.45, 2.75) is 0 Å². The summed E-state index contributed by atoms with van der Waals surface area (Å²) < 4.78 is 13.0. The Kier molecular flexibility index (Phi) is 5.19. The molecular formula is C18H17ClFN3O2. The number of carbonyl (C=O) groups is 2. The van der Waals surface area contributed by atoms with Gasteiger partial charge < -0.3 is 15.1 Å². The van der Waals surface area contributed by atoms with Crippen molar-refractivity contribution in [2.24, 2.45) is 0 Å². The van der Waals surface area contributed by atoms with E-state index in [1.54, 1.807) is 34.1 Å². The van der Waals surface area contributed by atoms with E-state index >= 15 is 0 Å². The molecule has 0 spiro atoms. The van der Waals surface area contributed by atoms with Crippen molar-refractivity contribution in [1.82, 2.24) is 9.80 Å².